The summed E-state index contributed by atoms with van der Waals surface area (Å²) in [6, 6.07) is 13.3. The number of para-hydroxylation sites is 1. The lowest BCUT2D eigenvalue weighted by molar-refractivity contribution is 0.191. The Morgan fingerprint density at radius 2 is 1.56 bits per heavy atom. The van der Waals surface area contributed by atoms with Gasteiger partial charge in [-0.25, -0.2) is 13.6 Å². The molecule has 0 radical (unpaired) electrons. The first kappa shape index (κ1) is 17.2. The van der Waals surface area contributed by atoms with Crippen molar-refractivity contribution < 1.29 is 13.6 Å². The number of hydrogen-bond acceptors (Lipinski definition) is 2. The van der Waals surface area contributed by atoms with Crippen LogP contribution >= 0.6 is 0 Å². The molecule has 4 nitrogen and oxygen atoms in total. The molecule has 0 spiro atoms. The minimum Gasteiger partial charge on any atom is -0.363 e. The number of nitrogens with one attached hydrogen (secondary N) is 1. The first-order valence-corrected chi connectivity index (χ1v) is 8.35. The molecule has 1 fully saturated rings. The largest absolute Gasteiger partial charge is 0.363 e. The van der Waals surface area contributed by atoms with E-state index in [0.717, 1.165) is 5.56 Å². The Hall–Kier alpha value is -2.63. The fraction of sp³-hybridized carbons (Fsp3) is 0.316. The molecule has 1 unspecified atom stereocenters. The maximum Gasteiger partial charge on any atom is 0.317 e. The minimum atomic E-state index is -0.574. The smallest absolute Gasteiger partial charge is 0.317 e. The molecule has 2 aromatic rings. The number of rotatable bonds is 3. The Labute approximate surface area is 146 Å². The van der Waals surface area contributed by atoms with Crippen LogP contribution in [0.15, 0.2) is 48.5 Å². The maximum atomic E-state index is 13.9. The fourth-order valence-electron chi connectivity index (χ4n) is 3.03. The highest BCUT2D eigenvalue weighted by molar-refractivity contribution is 5.75. The molecule has 132 valence electrons. The Kier molecular flexibility index (Phi) is 5.16. The van der Waals surface area contributed by atoms with E-state index in [4.69, 9.17) is 0 Å². The van der Waals surface area contributed by atoms with Crippen molar-refractivity contribution in [1.82, 2.24) is 10.2 Å². The predicted octanol–water partition coefficient (Wildman–Crippen LogP) is 3.56. The van der Waals surface area contributed by atoms with Crippen LogP contribution in [0.2, 0.25) is 0 Å². The van der Waals surface area contributed by atoms with Crippen molar-refractivity contribution in [2.24, 2.45) is 0 Å². The average Bonchev–Trinajstić information content (AvgIpc) is 2.63. The number of hydrogen-bond donors (Lipinski definition) is 1. The number of carbonyl (C=O) groups is 1. The molecule has 1 aliphatic heterocycles. The van der Waals surface area contributed by atoms with Crippen LogP contribution in [0.4, 0.5) is 19.3 Å². The summed E-state index contributed by atoms with van der Waals surface area (Å²) in [5, 5.41) is 2.96. The van der Waals surface area contributed by atoms with Crippen LogP contribution in [0.5, 0.6) is 0 Å². The van der Waals surface area contributed by atoms with Crippen molar-refractivity contribution in [3.8, 4) is 0 Å². The van der Waals surface area contributed by atoms with Gasteiger partial charge >= 0.3 is 6.03 Å². The Balaban J connectivity index is 1.58. The van der Waals surface area contributed by atoms with Crippen LogP contribution in [0.1, 0.15) is 18.5 Å². The number of halogens is 2. The molecule has 25 heavy (non-hydrogen) atoms. The van der Waals surface area contributed by atoms with Crippen LogP contribution in [-0.4, -0.2) is 37.1 Å². The standard InChI is InChI=1S/C19H21F2N3O/c1-14(15-6-3-2-4-7-15)22-19(25)24-12-10-23(11-13-24)18-16(20)8-5-9-17(18)21/h2-9,14H,10-13H2,1H3,(H,22,25). The Morgan fingerprint density at radius 3 is 2.16 bits per heavy atom. The third-order valence-electron chi connectivity index (χ3n) is 4.46. The van der Waals surface area contributed by atoms with E-state index in [2.05, 4.69) is 5.32 Å². The number of nitrogens with zero attached hydrogens (tertiary/aromatic N) is 2. The zero-order valence-corrected chi connectivity index (χ0v) is 14.1. The second kappa shape index (κ2) is 7.51. The van der Waals surface area contributed by atoms with E-state index in [1.807, 2.05) is 37.3 Å². The molecule has 1 atom stereocenters. The van der Waals surface area contributed by atoms with E-state index in [0.29, 0.717) is 26.2 Å². The first-order chi connectivity index (χ1) is 12.1. The molecule has 1 N–H and O–H groups in total. The number of benzene rings is 2. The molecule has 3 rings (SSSR count). The lowest BCUT2D eigenvalue weighted by atomic mass is 10.1. The molecular weight excluding hydrogens is 324 g/mol. The Morgan fingerprint density at radius 1 is 0.960 bits per heavy atom. The van der Waals surface area contributed by atoms with Gasteiger partial charge in [0.05, 0.1) is 6.04 Å². The van der Waals surface area contributed by atoms with Gasteiger partial charge in [-0.3, -0.25) is 0 Å². The molecule has 0 saturated carbocycles. The van der Waals surface area contributed by atoms with Gasteiger partial charge in [0.25, 0.3) is 0 Å². The summed E-state index contributed by atoms with van der Waals surface area (Å²) in [6.45, 7) is 3.55. The van der Waals surface area contributed by atoms with E-state index < -0.39 is 11.6 Å². The SMILES string of the molecule is CC(NC(=O)N1CCN(c2c(F)cccc2F)CC1)c1ccccc1. The molecule has 1 heterocycles. The van der Waals surface area contributed by atoms with Gasteiger partial charge in [-0.15, -0.1) is 0 Å². The highest BCUT2D eigenvalue weighted by atomic mass is 19.1. The molecule has 6 heteroatoms. The molecular formula is C19H21F2N3O. The van der Waals surface area contributed by atoms with E-state index in [1.165, 1.54) is 18.2 Å². The summed E-state index contributed by atoms with van der Waals surface area (Å²) in [7, 11) is 0. The lowest BCUT2D eigenvalue weighted by Crippen LogP contribution is -2.52. The van der Waals surface area contributed by atoms with Gasteiger partial charge in [0.15, 0.2) is 0 Å². The number of piperazine rings is 1. The summed E-state index contributed by atoms with van der Waals surface area (Å²) in [6.07, 6.45) is 0. The summed E-state index contributed by atoms with van der Waals surface area (Å²) in [5.74, 6) is -1.15. The van der Waals surface area contributed by atoms with Gasteiger partial charge in [-0.1, -0.05) is 36.4 Å². The molecule has 2 aromatic carbocycles. The van der Waals surface area contributed by atoms with Gasteiger partial charge in [0.2, 0.25) is 0 Å². The molecule has 2 amide bonds. The van der Waals surface area contributed by atoms with Gasteiger partial charge in [0.1, 0.15) is 17.3 Å². The second-order valence-electron chi connectivity index (χ2n) is 6.13. The third kappa shape index (κ3) is 3.90. The second-order valence-corrected chi connectivity index (χ2v) is 6.13. The zero-order chi connectivity index (χ0) is 17.8. The summed E-state index contributed by atoms with van der Waals surface area (Å²) >= 11 is 0. The normalized spacial score (nSPS) is 15.8. The van der Waals surface area contributed by atoms with E-state index in [1.54, 1.807) is 9.80 Å². The van der Waals surface area contributed by atoms with Crippen LogP contribution in [-0.2, 0) is 0 Å². The van der Waals surface area contributed by atoms with Crippen molar-refractivity contribution in [2.45, 2.75) is 13.0 Å². The zero-order valence-electron chi connectivity index (χ0n) is 14.1. The molecule has 0 aliphatic carbocycles. The topological polar surface area (TPSA) is 35.6 Å². The highest BCUT2D eigenvalue weighted by Crippen LogP contribution is 2.24. The van der Waals surface area contributed by atoms with E-state index in [9.17, 15) is 13.6 Å². The summed E-state index contributed by atoms with van der Waals surface area (Å²) in [4.78, 5) is 15.7. The Bertz CT molecular complexity index is 710. The van der Waals surface area contributed by atoms with Gasteiger partial charge < -0.3 is 15.1 Å². The maximum absolute atomic E-state index is 13.9. The monoisotopic (exact) mass is 345 g/mol. The van der Waals surface area contributed by atoms with Gasteiger partial charge in [0, 0.05) is 26.2 Å². The van der Waals surface area contributed by atoms with Crippen LogP contribution in [0.3, 0.4) is 0 Å². The highest BCUT2D eigenvalue weighted by Gasteiger charge is 2.25. The number of anilines is 1. The van der Waals surface area contributed by atoms with Crippen LogP contribution in [0.25, 0.3) is 0 Å². The van der Waals surface area contributed by atoms with Gasteiger partial charge in [-0.05, 0) is 24.6 Å². The van der Waals surface area contributed by atoms with Crippen molar-refractivity contribution in [3.05, 3.63) is 65.7 Å². The van der Waals surface area contributed by atoms with Gasteiger partial charge in [-0.2, -0.15) is 0 Å². The fourth-order valence-corrected chi connectivity index (χ4v) is 3.03. The van der Waals surface area contributed by atoms with Crippen LogP contribution < -0.4 is 10.2 Å². The summed E-state index contributed by atoms with van der Waals surface area (Å²) in [5.41, 5.74) is 1.02. The number of carbonyl (C=O) groups excluding carboxylic acids is 1. The lowest BCUT2D eigenvalue weighted by Gasteiger charge is -2.36. The predicted molar refractivity (Wildman–Crippen MR) is 93.5 cm³/mol. The molecule has 1 aliphatic rings. The minimum absolute atomic E-state index is 0.0137. The van der Waals surface area contributed by atoms with E-state index in [-0.39, 0.29) is 17.8 Å². The van der Waals surface area contributed by atoms with Crippen molar-refractivity contribution in [1.29, 1.82) is 0 Å². The molecule has 1 saturated heterocycles. The quantitative estimate of drug-likeness (QED) is 0.923. The molecule has 0 bridgehead atoms. The van der Waals surface area contributed by atoms with E-state index >= 15 is 0 Å². The summed E-state index contributed by atoms with van der Waals surface area (Å²) < 4.78 is 27.8. The molecule has 0 aromatic heterocycles. The van der Waals surface area contributed by atoms with Crippen molar-refractivity contribution >= 4 is 11.7 Å². The van der Waals surface area contributed by atoms with Crippen molar-refractivity contribution in [2.75, 3.05) is 31.1 Å². The number of amides is 2. The average molecular weight is 345 g/mol. The number of urea groups is 1. The van der Waals surface area contributed by atoms with Crippen LogP contribution in [0, 0.1) is 11.6 Å². The van der Waals surface area contributed by atoms with Crippen molar-refractivity contribution in [3.63, 3.8) is 0 Å². The third-order valence-corrected chi connectivity index (χ3v) is 4.46. The first-order valence-electron chi connectivity index (χ1n) is 8.35.